The first-order valence-corrected chi connectivity index (χ1v) is 14.9. The first kappa shape index (κ1) is 29.4. The van der Waals surface area contributed by atoms with E-state index in [2.05, 4.69) is 82.0 Å². The van der Waals surface area contributed by atoms with Crippen molar-refractivity contribution < 1.29 is 19.3 Å². The van der Waals surface area contributed by atoms with E-state index < -0.39 is 6.10 Å². The van der Waals surface area contributed by atoms with Crippen molar-refractivity contribution in [3.8, 4) is 11.5 Å². The van der Waals surface area contributed by atoms with Gasteiger partial charge >= 0.3 is 0 Å². The summed E-state index contributed by atoms with van der Waals surface area (Å²) in [5, 5.41) is 13.7. The van der Waals surface area contributed by atoms with Crippen molar-refractivity contribution in [1.82, 2.24) is 14.4 Å². The van der Waals surface area contributed by atoms with E-state index in [4.69, 9.17) is 14.2 Å². The Morgan fingerprint density at radius 2 is 1.59 bits per heavy atom. The lowest BCUT2D eigenvalue weighted by atomic mass is 9.99. The van der Waals surface area contributed by atoms with Gasteiger partial charge in [-0.2, -0.15) is 0 Å². The molecule has 0 aliphatic carbocycles. The van der Waals surface area contributed by atoms with Crippen LogP contribution in [0.2, 0.25) is 0 Å². The van der Waals surface area contributed by atoms with E-state index >= 15 is 0 Å². The Morgan fingerprint density at radius 1 is 0.902 bits per heavy atom. The monoisotopic (exact) mass is 559 g/mol. The van der Waals surface area contributed by atoms with Gasteiger partial charge in [0.2, 0.25) is 0 Å². The second-order valence-corrected chi connectivity index (χ2v) is 11.4. The predicted molar refractivity (Wildman–Crippen MR) is 166 cm³/mol. The topological polar surface area (TPSA) is 59.3 Å². The van der Waals surface area contributed by atoms with Gasteiger partial charge in [-0.05, 0) is 61.7 Å². The number of rotatable bonds is 14. The molecule has 1 fully saturated rings. The zero-order chi connectivity index (χ0) is 28.6. The van der Waals surface area contributed by atoms with Crippen molar-refractivity contribution in [1.29, 1.82) is 0 Å². The maximum atomic E-state index is 11.3. The SMILES string of the molecule is COCCN(Cc1ccc(OCCN2CCC(C)CC2)c(OC)c1)C[C@H](O)Cn1c2ccccc2c2ccccc21. The minimum Gasteiger partial charge on any atom is -0.493 e. The summed E-state index contributed by atoms with van der Waals surface area (Å²) in [6, 6.07) is 23.0. The molecule has 2 heterocycles. The van der Waals surface area contributed by atoms with Crippen molar-refractivity contribution in [3.05, 3.63) is 72.3 Å². The van der Waals surface area contributed by atoms with E-state index in [0.29, 0.717) is 32.8 Å². The average Bonchev–Trinajstić information content (AvgIpc) is 3.30. The maximum Gasteiger partial charge on any atom is 0.161 e. The fourth-order valence-corrected chi connectivity index (χ4v) is 5.98. The Morgan fingerprint density at radius 3 is 2.24 bits per heavy atom. The molecule has 1 atom stereocenters. The number of para-hydroxylation sites is 2. The minimum atomic E-state index is -0.548. The van der Waals surface area contributed by atoms with Crippen LogP contribution in [0.25, 0.3) is 21.8 Å². The second kappa shape index (κ2) is 14.2. The summed E-state index contributed by atoms with van der Waals surface area (Å²) in [7, 11) is 3.41. The lowest BCUT2D eigenvalue weighted by Gasteiger charge is -2.30. The van der Waals surface area contributed by atoms with Crippen molar-refractivity contribution in [3.63, 3.8) is 0 Å². The molecule has 0 radical (unpaired) electrons. The van der Waals surface area contributed by atoms with Gasteiger partial charge in [0, 0.05) is 55.1 Å². The van der Waals surface area contributed by atoms with Crippen LogP contribution in [0.4, 0.5) is 0 Å². The molecule has 1 N–H and O–H groups in total. The number of benzene rings is 3. The van der Waals surface area contributed by atoms with E-state index in [0.717, 1.165) is 60.2 Å². The molecule has 0 saturated carbocycles. The maximum absolute atomic E-state index is 11.3. The van der Waals surface area contributed by atoms with Crippen LogP contribution in [0.1, 0.15) is 25.3 Å². The molecule has 5 rings (SSSR count). The van der Waals surface area contributed by atoms with Crippen molar-refractivity contribution in [2.75, 3.05) is 60.2 Å². The number of hydrogen-bond acceptors (Lipinski definition) is 6. The van der Waals surface area contributed by atoms with Gasteiger partial charge in [0.25, 0.3) is 0 Å². The Bertz CT molecular complexity index is 1340. The molecule has 1 aliphatic heterocycles. The third-order valence-electron chi connectivity index (χ3n) is 8.33. The summed E-state index contributed by atoms with van der Waals surface area (Å²) >= 11 is 0. The van der Waals surface area contributed by atoms with Gasteiger partial charge in [0.1, 0.15) is 6.61 Å². The zero-order valence-electron chi connectivity index (χ0n) is 24.8. The molecule has 220 valence electrons. The van der Waals surface area contributed by atoms with Crippen LogP contribution < -0.4 is 9.47 Å². The van der Waals surface area contributed by atoms with Gasteiger partial charge < -0.3 is 23.9 Å². The third kappa shape index (κ3) is 7.41. The van der Waals surface area contributed by atoms with Crippen molar-refractivity contribution in [2.24, 2.45) is 5.92 Å². The van der Waals surface area contributed by atoms with Crippen LogP contribution in [-0.2, 0) is 17.8 Å². The third-order valence-corrected chi connectivity index (χ3v) is 8.33. The van der Waals surface area contributed by atoms with E-state index in [1.165, 1.54) is 23.6 Å². The highest BCUT2D eigenvalue weighted by molar-refractivity contribution is 6.07. The van der Waals surface area contributed by atoms with Crippen LogP contribution in [-0.4, -0.2) is 85.7 Å². The molecule has 7 heteroatoms. The molecular formula is C34H45N3O4. The van der Waals surface area contributed by atoms with E-state index in [-0.39, 0.29) is 0 Å². The number of aromatic nitrogens is 1. The smallest absolute Gasteiger partial charge is 0.161 e. The molecule has 7 nitrogen and oxygen atoms in total. The molecule has 0 spiro atoms. The number of hydrogen-bond donors (Lipinski definition) is 1. The Kier molecular flexibility index (Phi) is 10.2. The standard InChI is InChI=1S/C34H45N3O4/c1-26-14-16-35(17-15-26)19-21-41-33-13-12-27(22-34(33)40-3)23-36(18-20-39-2)24-28(38)25-37-31-10-6-4-8-29(31)30-9-5-7-11-32(30)37/h4-13,22,26,28,38H,14-21,23-25H2,1-3H3/t28-/m0/s1. The normalized spacial score (nSPS) is 15.6. The molecule has 0 unspecified atom stereocenters. The lowest BCUT2D eigenvalue weighted by Crippen LogP contribution is -2.36. The Labute approximate surface area is 244 Å². The van der Waals surface area contributed by atoms with E-state index in [9.17, 15) is 5.11 Å². The second-order valence-electron chi connectivity index (χ2n) is 11.4. The quantitative estimate of drug-likeness (QED) is 0.223. The van der Waals surface area contributed by atoms with Crippen LogP contribution in [0, 0.1) is 5.92 Å². The number of nitrogens with zero attached hydrogens (tertiary/aromatic N) is 3. The molecule has 1 aromatic heterocycles. The van der Waals surface area contributed by atoms with Gasteiger partial charge in [0.05, 0.1) is 26.4 Å². The largest absolute Gasteiger partial charge is 0.493 e. The summed E-state index contributed by atoms with van der Waals surface area (Å²) in [6.07, 6.45) is 1.99. The van der Waals surface area contributed by atoms with Crippen LogP contribution >= 0.6 is 0 Å². The molecular weight excluding hydrogens is 514 g/mol. The Balaban J connectivity index is 1.23. The number of likely N-dealkylation sites (tertiary alicyclic amines) is 1. The van der Waals surface area contributed by atoms with Crippen molar-refractivity contribution in [2.45, 2.75) is 39.0 Å². The van der Waals surface area contributed by atoms with Crippen LogP contribution in [0.15, 0.2) is 66.7 Å². The van der Waals surface area contributed by atoms with Gasteiger partial charge in [-0.3, -0.25) is 9.80 Å². The molecule has 3 aromatic carbocycles. The van der Waals surface area contributed by atoms with Crippen LogP contribution in [0.5, 0.6) is 11.5 Å². The number of aliphatic hydroxyl groups is 1. The average molecular weight is 560 g/mol. The first-order chi connectivity index (χ1) is 20.1. The highest BCUT2D eigenvalue weighted by atomic mass is 16.5. The number of methoxy groups -OCH3 is 2. The molecule has 1 saturated heterocycles. The minimum absolute atomic E-state index is 0.517. The fourth-order valence-electron chi connectivity index (χ4n) is 5.98. The fraction of sp³-hybridized carbons (Fsp3) is 0.471. The Hall–Kier alpha value is -3.10. The van der Waals surface area contributed by atoms with E-state index in [1.54, 1.807) is 14.2 Å². The lowest BCUT2D eigenvalue weighted by molar-refractivity contribution is 0.0767. The van der Waals surface area contributed by atoms with Gasteiger partial charge in [-0.15, -0.1) is 0 Å². The number of aliphatic hydroxyl groups excluding tert-OH is 1. The van der Waals surface area contributed by atoms with Gasteiger partial charge in [0.15, 0.2) is 11.5 Å². The molecule has 1 aliphatic rings. The summed E-state index contributed by atoms with van der Waals surface area (Å²) in [6.45, 7) is 9.26. The van der Waals surface area contributed by atoms with Gasteiger partial charge in [-0.25, -0.2) is 0 Å². The first-order valence-electron chi connectivity index (χ1n) is 14.9. The van der Waals surface area contributed by atoms with Crippen LogP contribution in [0.3, 0.4) is 0 Å². The highest BCUT2D eigenvalue weighted by Gasteiger charge is 2.18. The summed E-state index contributed by atoms with van der Waals surface area (Å²) < 4.78 is 19.5. The number of ether oxygens (including phenoxy) is 3. The summed E-state index contributed by atoms with van der Waals surface area (Å²) in [4.78, 5) is 4.73. The predicted octanol–water partition coefficient (Wildman–Crippen LogP) is 5.42. The van der Waals surface area contributed by atoms with E-state index in [1.807, 2.05) is 6.07 Å². The number of fused-ring (bicyclic) bond motifs is 3. The molecule has 4 aromatic rings. The molecule has 0 amide bonds. The van der Waals surface area contributed by atoms with Crippen molar-refractivity contribution >= 4 is 21.8 Å². The van der Waals surface area contributed by atoms with Gasteiger partial charge in [-0.1, -0.05) is 49.4 Å². The zero-order valence-corrected chi connectivity index (χ0v) is 24.8. The summed E-state index contributed by atoms with van der Waals surface area (Å²) in [5.41, 5.74) is 3.40. The molecule has 41 heavy (non-hydrogen) atoms. The highest BCUT2D eigenvalue weighted by Crippen LogP contribution is 2.30. The molecule has 0 bridgehead atoms. The number of piperidine rings is 1. The summed E-state index contributed by atoms with van der Waals surface area (Å²) in [5.74, 6) is 2.35.